The molecule has 0 amide bonds. The van der Waals surface area contributed by atoms with Crippen LogP contribution >= 0.6 is 0 Å². The largest absolute Gasteiger partial charge is 0.295 e. The third-order valence-corrected chi connectivity index (χ3v) is 5.13. The van der Waals surface area contributed by atoms with Crippen LogP contribution in [0.5, 0.6) is 0 Å². The Morgan fingerprint density at radius 1 is 1.00 bits per heavy atom. The van der Waals surface area contributed by atoms with Crippen molar-refractivity contribution in [2.75, 3.05) is 0 Å². The minimum Gasteiger partial charge on any atom is -0.295 e. The first-order valence-electron chi connectivity index (χ1n) is 6.84. The average molecular weight is 244 g/mol. The van der Waals surface area contributed by atoms with E-state index in [1.165, 1.54) is 18.4 Å². The molecule has 0 bridgehead atoms. The second-order valence-corrected chi connectivity index (χ2v) is 7.05. The lowest BCUT2D eigenvalue weighted by Crippen LogP contribution is -2.25. The zero-order valence-electron chi connectivity index (χ0n) is 12.2. The molecule has 0 atom stereocenters. The van der Waals surface area contributed by atoms with Crippen LogP contribution in [0.2, 0.25) is 0 Å². The third-order valence-electron chi connectivity index (χ3n) is 5.13. The standard InChI is InChI=1S/C17H24O/c1-12(18)13-6-8-14(9-7-13)15-10-16(2,3)17(4,5)11-15/h6-9,15H,10-11H2,1-5H3. The van der Waals surface area contributed by atoms with Gasteiger partial charge in [0.15, 0.2) is 5.78 Å². The maximum absolute atomic E-state index is 11.3. The molecule has 1 aromatic rings. The van der Waals surface area contributed by atoms with Gasteiger partial charge >= 0.3 is 0 Å². The first kappa shape index (κ1) is 13.3. The van der Waals surface area contributed by atoms with Crippen molar-refractivity contribution in [3.8, 4) is 0 Å². The molecule has 18 heavy (non-hydrogen) atoms. The Bertz CT molecular complexity index is 435. The molecule has 0 radical (unpaired) electrons. The van der Waals surface area contributed by atoms with Gasteiger partial charge in [0.05, 0.1) is 0 Å². The highest BCUT2D eigenvalue weighted by molar-refractivity contribution is 5.94. The molecule has 0 saturated heterocycles. The van der Waals surface area contributed by atoms with Crippen molar-refractivity contribution in [2.24, 2.45) is 10.8 Å². The van der Waals surface area contributed by atoms with Crippen molar-refractivity contribution in [1.82, 2.24) is 0 Å². The van der Waals surface area contributed by atoms with E-state index in [0.717, 1.165) is 5.56 Å². The number of rotatable bonds is 2. The molecule has 1 heteroatoms. The number of ketones is 1. The molecule has 2 rings (SSSR count). The van der Waals surface area contributed by atoms with E-state index in [1.54, 1.807) is 6.92 Å². The summed E-state index contributed by atoms with van der Waals surface area (Å²) in [4.78, 5) is 11.3. The van der Waals surface area contributed by atoms with E-state index in [1.807, 2.05) is 12.1 Å². The van der Waals surface area contributed by atoms with Gasteiger partial charge in [0.1, 0.15) is 0 Å². The molecule has 1 aromatic carbocycles. The van der Waals surface area contributed by atoms with E-state index >= 15 is 0 Å². The van der Waals surface area contributed by atoms with Gasteiger partial charge < -0.3 is 0 Å². The molecule has 98 valence electrons. The molecular formula is C17H24O. The van der Waals surface area contributed by atoms with Crippen molar-refractivity contribution in [3.05, 3.63) is 35.4 Å². The van der Waals surface area contributed by atoms with Crippen LogP contribution in [-0.4, -0.2) is 5.78 Å². The van der Waals surface area contributed by atoms with Gasteiger partial charge in [-0.1, -0.05) is 52.0 Å². The highest BCUT2D eigenvalue weighted by Crippen LogP contribution is 2.57. The van der Waals surface area contributed by atoms with Gasteiger partial charge in [-0.3, -0.25) is 4.79 Å². The number of hydrogen-bond donors (Lipinski definition) is 0. The fourth-order valence-electron chi connectivity index (χ4n) is 3.08. The van der Waals surface area contributed by atoms with E-state index in [0.29, 0.717) is 16.7 Å². The van der Waals surface area contributed by atoms with Crippen LogP contribution in [0.4, 0.5) is 0 Å². The SMILES string of the molecule is CC(=O)c1ccc(C2CC(C)(C)C(C)(C)C2)cc1. The van der Waals surface area contributed by atoms with Crippen LogP contribution in [0.3, 0.4) is 0 Å². The molecule has 0 aromatic heterocycles. The van der Waals surface area contributed by atoms with E-state index in [2.05, 4.69) is 39.8 Å². The van der Waals surface area contributed by atoms with Crippen LogP contribution in [0, 0.1) is 10.8 Å². The van der Waals surface area contributed by atoms with Gasteiger partial charge in [0.25, 0.3) is 0 Å². The maximum Gasteiger partial charge on any atom is 0.159 e. The Labute approximate surface area is 111 Å². The van der Waals surface area contributed by atoms with Crippen LogP contribution in [0.15, 0.2) is 24.3 Å². The lowest BCUT2D eigenvalue weighted by molar-refractivity contribution is 0.101. The molecule has 0 aliphatic heterocycles. The van der Waals surface area contributed by atoms with Crippen molar-refractivity contribution in [2.45, 2.75) is 53.4 Å². The number of carbonyl (C=O) groups excluding carboxylic acids is 1. The fourth-order valence-corrected chi connectivity index (χ4v) is 3.08. The van der Waals surface area contributed by atoms with Gasteiger partial charge in [0, 0.05) is 5.56 Å². The van der Waals surface area contributed by atoms with E-state index in [9.17, 15) is 4.79 Å². The maximum atomic E-state index is 11.3. The Balaban J connectivity index is 2.22. The molecule has 1 fully saturated rings. The number of Topliss-reactive ketones (excluding diaryl/α,β-unsaturated/α-hetero) is 1. The second kappa shape index (κ2) is 4.22. The number of hydrogen-bond acceptors (Lipinski definition) is 1. The predicted molar refractivity (Wildman–Crippen MR) is 76.0 cm³/mol. The first-order chi connectivity index (χ1) is 8.23. The van der Waals surface area contributed by atoms with E-state index < -0.39 is 0 Å². The highest BCUT2D eigenvalue weighted by Gasteiger charge is 2.46. The normalized spacial score (nSPS) is 22.1. The second-order valence-electron chi connectivity index (χ2n) is 7.05. The van der Waals surface area contributed by atoms with Crippen LogP contribution in [-0.2, 0) is 0 Å². The monoisotopic (exact) mass is 244 g/mol. The summed E-state index contributed by atoms with van der Waals surface area (Å²) in [5, 5.41) is 0. The van der Waals surface area contributed by atoms with Crippen LogP contribution in [0.25, 0.3) is 0 Å². The average Bonchev–Trinajstić information content (AvgIpc) is 2.48. The molecule has 1 saturated carbocycles. The van der Waals surface area contributed by atoms with Crippen molar-refractivity contribution in [3.63, 3.8) is 0 Å². The topological polar surface area (TPSA) is 17.1 Å². The summed E-state index contributed by atoms with van der Waals surface area (Å²) < 4.78 is 0. The van der Waals surface area contributed by atoms with Gasteiger partial charge in [-0.25, -0.2) is 0 Å². The molecule has 0 unspecified atom stereocenters. The molecule has 1 aliphatic carbocycles. The van der Waals surface area contributed by atoms with Crippen LogP contribution < -0.4 is 0 Å². The lowest BCUT2D eigenvalue weighted by Gasteiger charge is -2.34. The summed E-state index contributed by atoms with van der Waals surface area (Å²) in [6.07, 6.45) is 2.47. The number of benzene rings is 1. The van der Waals surface area contributed by atoms with Crippen molar-refractivity contribution >= 4 is 5.78 Å². The van der Waals surface area contributed by atoms with E-state index in [-0.39, 0.29) is 5.78 Å². The number of carbonyl (C=O) groups is 1. The minimum atomic E-state index is 0.147. The van der Waals surface area contributed by atoms with Crippen molar-refractivity contribution in [1.29, 1.82) is 0 Å². The Hall–Kier alpha value is -1.11. The fraction of sp³-hybridized carbons (Fsp3) is 0.588. The van der Waals surface area contributed by atoms with Gasteiger partial charge in [-0.05, 0) is 42.1 Å². The zero-order chi connectivity index (χ0) is 13.6. The van der Waals surface area contributed by atoms with E-state index in [4.69, 9.17) is 0 Å². The molecule has 0 N–H and O–H groups in total. The first-order valence-corrected chi connectivity index (χ1v) is 6.84. The third kappa shape index (κ3) is 2.23. The summed E-state index contributed by atoms with van der Waals surface area (Å²) in [6.45, 7) is 11.1. The minimum absolute atomic E-state index is 0.147. The lowest BCUT2D eigenvalue weighted by atomic mass is 9.71. The van der Waals surface area contributed by atoms with Crippen LogP contribution in [0.1, 0.15) is 69.3 Å². The Kier molecular flexibility index (Phi) is 3.12. The molecule has 1 aliphatic rings. The molecular weight excluding hydrogens is 220 g/mol. The Morgan fingerprint density at radius 2 is 1.44 bits per heavy atom. The summed E-state index contributed by atoms with van der Waals surface area (Å²) in [5.41, 5.74) is 2.97. The quantitative estimate of drug-likeness (QED) is 0.682. The highest BCUT2D eigenvalue weighted by atomic mass is 16.1. The van der Waals surface area contributed by atoms with Gasteiger partial charge in [-0.15, -0.1) is 0 Å². The van der Waals surface area contributed by atoms with Gasteiger partial charge in [-0.2, -0.15) is 0 Å². The van der Waals surface area contributed by atoms with Gasteiger partial charge in [0.2, 0.25) is 0 Å². The zero-order valence-corrected chi connectivity index (χ0v) is 12.2. The summed E-state index contributed by atoms with van der Waals surface area (Å²) in [7, 11) is 0. The molecule has 0 heterocycles. The predicted octanol–water partition coefficient (Wildman–Crippen LogP) is 4.82. The molecule has 0 spiro atoms. The summed E-state index contributed by atoms with van der Waals surface area (Å²) in [6, 6.07) is 8.21. The Morgan fingerprint density at radius 3 is 1.83 bits per heavy atom. The smallest absolute Gasteiger partial charge is 0.159 e. The summed E-state index contributed by atoms with van der Waals surface area (Å²) in [5.74, 6) is 0.782. The molecule has 1 nitrogen and oxygen atoms in total. The summed E-state index contributed by atoms with van der Waals surface area (Å²) >= 11 is 0. The van der Waals surface area contributed by atoms with Crippen molar-refractivity contribution < 1.29 is 4.79 Å².